The monoisotopic (exact) mass is 397 g/mol. The van der Waals surface area contributed by atoms with Crippen molar-refractivity contribution in [2.75, 3.05) is 44.2 Å². The minimum absolute atomic E-state index is 0.0729. The molecule has 152 valence electrons. The zero-order chi connectivity index (χ0) is 20.2. The molecule has 0 aliphatic carbocycles. The minimum Gasteiger partial charge on any atom is -0.366 e. The van der Waals surface area contributed by atoms with Crippen molar-refractivity contribution in [2.45, 2.75) is 13.0 Å². The molecule has 2 aliphatic rings. The van der Waals surface area contributed by atoms with Gasteiger partial charge in [0.2, 0.25) is 5.91 Å². The number of piperazine rings is 1. The van der Waals surface area contributed by atoms with E-state index in [9.17, 15) is 13.6 Å². The Morgan fingerprint density at radius 2 is 1.55 bits per heavy atom. The molecule has 1 amide bonds. The molecule has 1 fully saturated rings. The SMILES string of the molecule is O=C(C1=CCN(Cc2ccccc2F)CC1)N1CCN(c2ccccc2F)CC1. The molecule has 4 rings (SSSR count). The average Bonchev–Trinajstić information content (AvgIpc) is 2.76. The number of amides is 1. The maximum atomic E-state index is 14.0. The van der Waals surface area contributed by atoms with Gasteiger partial charge in [-0.2, -0.15) is 0 Å². The van der Waals surface area contributed by atoms with Crippen molar-refractivity contribution in [3.05, 3.63) is 77.4 Å². The maximum absolute atomic E-state index is 14.0. The molecule has 2 aromatic carbocycles. The molecule has 2 aromatic rings. The second kappa shape index (κ2) is 8.74. The molecule has 2 heterocycles. The molecule has 29 heavy (non-hydrogen) atoms. The van der Waals surface area contributed by atoms with Crippen molar-refractivity contribution in [1.29, 1.82) is 0 Å². The van der Waals surface area contributed by atoms with Gasteiger partial charge in [0.1, 0.15) is 11.6 Å². The summed E-state index contributed by atoms with van der Waals surface area (Å²) >= 11 is 0. The summed E-state index contributed by atoms with van der Waals surface area (Å²) < 4.78 is 27.8. The van der Waals surface area contributed by atoms with Gasteiger partial charge >= 0.3 is 0 Å². The van der Waals surface area contributed by atoms with Gasteiger partial charge in [-0.05, 0) is 24.6 Å². The lowest BCUT2D eigenvalue weighted by molar-refractivity contribution is -0.127. The summed E-state index contributed by atoms with van der Waals surface area (Å²) in [6.07, 6.45) is 2.64. The van der Waals surface area contributed by atoms with Gasteiger partial charge in [0.25, 0.3) is 0 Å². The van der Waals surface area contributed by atoms with Crippen LogP contribution < -0.4 is 4.90 Å². The molecular formula is C23H25F2N3O. The number of hydrogen-bond acceptors (Lipinski definition) is 3. The van der Waals surface area contributed by atoms with Gasteiger partial charge in [-0.15, -0.1) is 0 Å². The molecule has 6 heteroatoms. The summed E-state index contributed by atoms with van der Waals surface area (Å²) in [5.74, 6) is -0.341. The minimum atomic E-state index is -0.225. The largest absolute Gasteiger partial charge is 0.366 e. The predicted molar refractivity (Wildman–Crippen MR) is 110 cm³/mol. The van der Waals surface area contributed by atoms with Crippen molar-refractivity contribution >= 4 is 11.6 Å². The van der Waals surface area contributed by atoms with Gasteiger partial charge in [0, 0.05) is 56.9 Å². The number of halogens is 2. The predicted octanol–water partition coefficient (Wildman–Crippen LogP) is 3.45. The Hall–Kier alpha value is -2.73. The highest BCUT2D eigenvalue weighted by atomic mass is 19.1. The third-order valence-corrected chi connectivity index (χ3v) is 5.68. The van der Waals surface area contributed by atoms with Gasteiger partial charge in [0.15, 0.2) is 0 Å². The van der Waals surface area contributed by atoms with Crippen LogP contribution in [0.4, 0.5) is 14.5 Å². The average molecular weight is 397 g/mol. The van der Waals surface area contributed by atoms with Gasteiger partial charge < -0.3 is 9.80 Å². The first kappa shape index (κ1) is 19.6. The molecule has 0 aromatic heterocycles. The van der Waals surface area contributed by atoms with Crippen LogP contribution in [0, 0.1) is 11.6 Å². The van der Waals surface area contributed by atoms with Crippen molar-refractivity contribution in [3.63, 3.8) is 0 Å². The van der Waals surface area contributed by atoms with E-state index in [-0.39, 0.29) is 17.5 Å². The Morgan fingerprint density at radius 3 is 2.21 bits per heavy atom. The first-order valence-corrected chi connectivity index (χ1v) is 10.1. The zero-order valence-corrected chi connectivity index (χ0v) is 16.4. The van der Waals surface area contributed by atoms with E-state index in [0.717, 1.165) is 12.1 Å². The third kappa shape index (κ3) is 4.48. The van der Waals surface area contributed by atoms with Gasteiger partial charge in [-0.25, -0.2) is 8.78 Å². The number of hydrogen-bond donors (Lipinski definition) is 0. The second-order valence-electron chi connectivity index (χ2n) is 7.54. The molecule has 0 bridgehead atoms. The van der Waals surface area contributed by atoms with Crippen LogP contribution in [-0.4, -0.2) is 55.0 Å². The van der Waals surface area contributed by atoms with Crippen LogP contribution in [0.5, 0.6) is 0 Å². The van der Waals surface area contributed by atoms with E-state index in [1.165, 1.54) is 12.1 Å². The molecule has 0 N–H and O–H groups in total. The van der Waals surface area contributed by atoms with E-state index in [1.807, 2.05) is 28.0 Å². The highest BCUT2D eigenvalue weighted by Crippen LogP contribution is 2.22. The van der Waals surface area contributed by atoms with E-state index in [4.69, 9.17) is 0 Å². The smallest absolute Gasteiger partial charge is 0.249 e. The number of para-hydroxylation sites is 1. The lowest BCUT2D eigenvalue weighted by atomic mass is 10.1. The Labute approximate surface area is 170 Å². The molecule has 4 nitrogen and oxygen atoms in total. The summed E-state index contributed by atoms with van der Waals surface area (Å²) in [5, 5.41) is 0. The van der Waals surface area contributed by atoms with Crippen molar-refractivity contribution in [1.82, 2.24) is 9.80 Å². The fraction of sp³-hybridized carbons (Fsp3) is 0.348. The van der Waals surface area contributed by atoms with E-state index in [0.29, 0.717) is 56.9 Å². The molecule has 0 saturated carbocycles. The number of benzene rings is 2. The summed E-state index contributed by atoms with van der Waals surface area (Å²) in [5.41, 5.74) is 2.11. The lowest BCUT2D eigenvalue weighted by Crippen LogP contribution is -2.49. The first-order chi connectivity index (χ1) is 14.1. The topological polar surface area (TPSA) is 26.8 Å². The van der Waals surface area contributed by atoms with Gasteiger partial charge in [0.05, 0.1) is 5.69 Å². The van der Waals surface area contributed by atoms with Crippen molar-refractivity contribution in [2.24, 2.45) is 0 Å². The number of rotatable bonds is 4. The van der Waals surface area contributed by atoms with Crippen LogP contribution in [-0.2, 0) is 11.3 Å². The summed E-state index contributed by atoms with van der Waals surface area (Å²) in [6, 6.07) is 13.6. The summed E-state index contributed by atoms with van der Waals surface area (Å²) in [7, 11) is 0. The van der Waals surface area contributed by atoms with Crippen LogP contribution >= 0.6 is 0 Å². The highest BCUT2D eigenvalue weighted by molar-refractivity contribution is 5.93. The molecule has 2 aliphatic heterocycles. The number of carbonyl (C=O) groups excluding carboxylic acids is 1. The van der Waals surface area contributed by atoms with Crippen LogP contribution in [0.3, 0.4) is 0 Å². The Morgan fingerprint density at radius 1 is 0.862 bits per heavy atom. The van der Waals surface area contributed by atoms with Crippen LogP contribution in [0.2, 0.25) is 0 Å². The molecule has 0 unspecified atom stereocenters. The molecule has 0 atom stereocenters. The van der Waals surface area contributed by atoms with E-state index in [1.54, 1.807) is 24.3 Å². The molecule has 1 saturated heterocycles. The quantitative estimate of drug-likeness (QED) is 0.791. The van der Waals surface area contributed by atoms with Crippen LogP contribution in [0.15, 0.2) is 60.2 Å². The lowest BCUT2D eigenvalue weighted by Gasteiger charge is -2.37. The summed E-state index contributed by atoms with van der Waals surface area (Å²) in [4.78, 5) is 18.9. The number of carbonyl (C=O) groups is 1. The first-order valence-electron chi connectivity index (χ1n) is 10.1. The van der Waals surface area contributed by atoms with E-state index < -0.39 is 0 Å². The van der Waals surface area contributed by atoms with E-state index in [2.05, 4.69) is 4.90 Å². The fourth-order valence-corrected chi connectivity index (χ4v) is 3.98. The van der Waals surface area contributed by atoms with Crippen LogP contribution in [0.25, 0.3) is 0 Å². The normalized spacial score (nSPS) is 17.9. The number of nitrogens with zero attached hydrogens (tertiary/aromatic N) is 3. The van der Waals surface area contributed by atoms with E-state index >= 15 is 0 Å². The molecule has 0 spiro atoms. The standard InChI is InChI=1S/C23H25F2N3O/c24-20-6-2-1-5-19(20)17-26-11-9-18(10-12-26)23(29)28-15-13-27(14-16-28)22-8-4-3-7-21(22)25/h1-9H,10-17H2. The highest BCUT2D eigenvalue weighted by Gasteiger charge is 2.26. The summed E-state index contributed by atoms with van der Waals surface area (Å²) in [6.45, 7) is 4.35. The van der Waals surface area contributed by atoms with Crippen molar-refractivity contribution < 1.29 is 13.6 Å². The number of anilines is 1. The maximum Gasteiger partial charge on any atom is 0.249 e. The fourth-order valence-electron chi connectivity index (χ4n) is 3.98. The van der Waals surface area contributed by atoms with Gasteiger partial charge in [-0.3, -0.25) is 9.69 Å². The Balaban J connectivity index is 1.31. The molecule has 0 radical (unpaired) electrons. The second-order valence-corrected chi connectivity index (χ2v) is 7.54. The molecular weight excluding hydrogens is 372 g/mol. The van der Waals surface area contributed by atoms with Gasteiger partial charge in [-0.1, -0.05) is 36.4 Å². The Kier molecular flexibility index (Phi) is 5.90. The third-order valence-electron chi connectivity index (χ3n) is 5.68. The zero-order valence-electron chi connectivity index (χ0n) is 16.4. The van der Waals surface area contributed by atoms with Crippen molar-refractivity contribution in [3.8, 4) is 0 Å². The Bertz CT molecular complexity index is 907. The van der Waals surface area contributed by atoms with Crippen LogP contribution in [0.1, 0.15) is 12.0 Å².